The first-order chi connectivity index (χ1) is 2.43. The summed E-state index contributed by atoms with van der Waals surface area (Å²) in [6, 6.07) is 0. The van der Waals surface area contributed by atoms with E-state index >= 15 is 0 Å². The Labute approximate surface area is 28.3 Å². The largest absolute Gasteiger partial charge is 0.409 e. The first-order valence-electron chi connectivity index (χ1n) is 1.19. The molecule has 0 aliphatic rings. The van der Waals surface area contributed by atoms with Crippen LogP contribution in [0.4, 0.5) is 0 Å². The molecule has 0 aliphatic carbocycles. The van der Waals surface area contributed by atoms with Gasteiger partial charge in [0.1, 0.15) is 0 Å². The number of rotatable bonds is 0. The van der Waals surface area contributed by atoms with E-state index in [1.54, 1.807) is 0 Å². The Bertz CT molecular complexity index is 116. The second kappa shape index (κ2) is 0.544. The maximum Gasteiger partial charge on any atom is 0.209 e. The van der Waals surface area contributed by atoms with Gasteiger partial charge in [0.2, 0.25) is 5.49 Å². The summed E-state index contributed by atoms with van der Waals surface area (Å²) in [6.07, 6.45) is 1.47. The van der Waals surface area contributed by atoms with Crippen molar-refractivity contribution in [3.05, 3.63) is 11.7 Å². The van der Waals surface area contributed by atoms with Crippen molar-refractivity contribution in [3.8, 4) is 0 Å². The van der Waals surface area contributed by atoms with Gasteiger partial charge in [0.05, 0.1) is 6.20 Å². The quantitative estimate of drug-likeness (QED) is 0.322. The lowest BCUT2D eigenvalue weighted by Crippen LogP contribution is -1.76. The van der Waals surface area contributed by atoms with Crippen LogP contribution in [0.1, 0.15) is 0 Å². The Hall–Kier alpha value is -0.860. The molecule has 5 heavy (non-hydrogen) atoms. The van der Waals surface area contributed by atoms with Crippen molar-refractivity contribution >= 4 is 0 Å². The first kappa shape index (κ1) is 2.38. The van der Waals surface area contributed by atoms with Crippen LogP contribution in [0.25, 0.3) is 0 Å². The molecular formula is C2H2N2O. The molecule has 0 fully saturated rings. The summed E-state index contributed by atoms with van der Waals surface area (Å²) in [7, 11) is 0. The van der Waals surface area contributed by atoms with Gasteiger partial charge in [-0.2, -0.15) is 0 Å². The summed E-state index contributed by atoms with van der Waals surface area (Å²) in [5, 5.41) is 10.4. The van der Waals surface area contributed by atoms with Crippen LogP contribution in [0.15, 0.2) is 11.4 Å². The molecule has 0 atom stereocenters. The molecule has 0 aliphatic heterocycles. The molecular weight excluding hydrogens is 68.0 g/mol. The van der Waals surface area contributed by atoms with Crippen LogP contribution in [0.2, 0.25) is 0 Å². The lowest BCUT2D eigenvalue weighted by atomic mass is 11.1. The van der Waals surface area contributed by atoms with Crippen molar-refractivity contribution in [2.75, 3.05) is 0 Å². The van der Waals surface area contributed by atoms with Crippen molar-refractivity contribution in [2.45, 2.75) is 0 Å². The Morgan fingerprint density at radius 1 is 2.00 bits per heavy atom. The third-order valence-corrected chi connectivity index (χ3v) is 0.347. The summed E-state index contributed by atoms with van der Waals surface area (Å²) < 4.78 is 0. The van der Waals surface area contributed by atoms with Gasteiger partial charge in [-0.15, -0.1) is 0 Å². The zero-order valence-corrected chi connectivity index (χ0v) is 2.42. The Morgan fingerprint density at radius 2 is 2.60 bits per heavy atom. The van der Waals surface area contributed by atoms with Crippen LogP contribution in [0.3, 0.4) is 0 Å². The van der Waals surface area contributed by atoms with Crippen LogP contribution in [0, 0.1) is 0 Å². The molecule has 1 rings (SSSR count). The van der Waals surface area contributed by atoms with E-state index in [-0.39, 0.29) is 0 Å². The lowest BCUT2D eigenvalue weighted by molar-refractivity contribution is 0.302. The zero-order chi connectivity index (χ0) is 3.70. The van der Waals surface area contributed by atoms with Crippen molar-refractivity contribution in [3.63, 3.8) is 0 Å². The molecule has 1 aromatic rings. The number of nitrogens with zero attached hydrogens (tertiary/aromatic N) is 2. The monoisotopic (exact) mass is 70.0 g/mol. The van der Waals surface area contributed by atoms with Crippen LogP contribution < -0.4 is 5.49 Å². The van der Waals surface area contributed by atoms with E-state index in [0.29, 0.717) is 5.49 Å². The topological polar surface area (TPSA) is 45.5 Å². The van der Waals surface area contributed by atoms with Gasteiger partial charge >= 0.3 is 0 Å². The first-order valence-corrected chi connectivity index (χ1v) is 1.19. The number of hydrogen-bond acceptors (Lipinski definition) is 3. The highest BCUT2D eigenvalue weighted by atomic mass is 16.4. The third kappa shape index (κ3) is 0.238. The van der Waals surface area contributed by atoms with Gasteiger partial charge in [-0.3, -0.25) is 0 Å². The van der Waals surface area contributed by atoms with Crippen molar-refractivity contribution in [1.29, 1.82) is 0 Å². The Morgan fingerprint density at radius 3 is 2.60 bits per heavy atom. The lowest BCUT2D eigenvalue weighted by Gasteiger charge is -1.47. The van der Waals surface area contributed by atoms with Crippen LogP contribution in [0.5, 0.6) is 0 Å². The highest BCUT2D eigenvalue weighted by molar-refractivity contribution is 4.71. The van der Waals surface area contributed by atoms with Crippen LogP contribution in [-0.2, 0) is 0 Å². The fourth-order valence-electron chi connectivity index (χ4n) is 0.0805. The zero-order valence-electron chi connectivity index (χ0n) is 2.42. The van der Waals surface area contributed by atoms with Crippen LogP contribution >= 0.6 is 0 Å². The van der Waals surface area contributed by atoms with E-state index in [4.69, 9.17) is 5.21 Å². The molecule has 1 heterocycles. The smallest absolute Gasteiger partial charge is 0.209 e. The van der Waals surface area contributed by atoms with Gasteiger partial charge < -0.3 is 5.21 Å². The Kier molecular flexibility index (Phi) is 0.259. The molecule has 3 heteroatoms. The minimum atomic E-state index is 0.435. The fraction of sp³-hybridized carbons (Fsp3) is 0. The molecule has 26 valence electrons. The van der Waals surface area contributed by atoms with E-state index in [9.17, 15) is 0 Å². The predicted molar refractivity (Wildman–Crippen MR) is 14.0 cm³/mol. The molecule has 0 saturated carbocycles. The third-order valence-electron chi connectivity index (χ3n) is 0.347. The minimum absolute atomic E-state index is 0.435. The maximum absolute atomic E-state index is 7.67. The summed E-state index contributed by atoms with van der Waals surface area (Å²) in [5.41, 5.74) is 0.435. The van der Waals surface area contributed by atoms with E-state index in [0.717, 1.165) is 0 Å². The molecule has 3 nitrogen and oxygen atoms in total. The standard InChI is InChI=1S/C2H2N2O/c5-4-2-1-3-2/h1,5H/b4-2+. The predicted octanol–water partition coefficient (Wildman–Crippen LogP) is -0.753. The van der Waals surface area contributed by atoms with E-state index in [1.807, 2.05) is 0 Å². The molecule has 0 saturated heterocycles. The van der Waals surface area contributed by atoms with Crippen molar-refractivity contribution in [2.24, 2.45) is 5.16 Å². The second-order valence-corrected chi connectivity index (χ2v) is 0.716. The van der Waals surface area contributed by atoms with Gasteiger partial charge in [-0.1, -0.05) is 5.16 Å². The summed E-state index contributed by atoms with van der Waals surface area (Å²) in [4.78, 5) is 3.40. The van der Waals surface area contributed by atoms with Gasteiger partial charge in [-0.05, 0) is 0 Å². The van der Waals surface area contributed by atoms with Gasteiger partial charge in [0.15, 0.2) is 0 Å². The molecule has 1 aromatic heterocycles. The molecule has 0 aromatic carbocycles. The number of hydrogen-bond donors (Lipinski definition) is 1. The fourth-order valence-corrected chi connectivity index (χ4v) is 0.0805. The Balaban J connectivity index is 2.99. The SMILES string of the molecule is O/N=c1\cn1. The maximum atomic E-state index is 7.67. The average molecular weight is 70.1 g/mol. The van der Waals surface area contributed by atoms with Gasteiger partial charge in [-0.25, -0.2) is 4.98 Å². The molecule has 0 radical (unpaired) electrons. The highest BCUT2D eigenvalue weighted by Gasteiger charge is 1.81. The van der Waals surface area contributed by atoms with Crippen molar-refractivity contribution < 1.29 is 5.21 Å². The van der Waals surface area contributed by atoms with E-state index in [1.165, 1.54) is 6.20 Å². The molecule has 0 unspecified atom stereocenters. The van der Waals surface area contributed by atoms with E-state index in [2.05, 4.69) is 10.1 Å². The molecule has 1 N–H and O–H groups in total. The molecule has 0 bridgehead atoms. The molecule has 0 amide bonds. The summed E-state index contributed by atoms with van der Waals surface area (Å²) in [5.74, 6) is 0. The van der Waals surface area contributed by atoms with Crippen molar-refractivity contribution in [1.82, 2.24) is 4.98 Å². The summed E-state index contributed by atoms with van der Waals surface area (Å²) in [6.45, 7) is 0. The number of aromatic nitrogens is 1. The second-order valence-electron chi connectivity index (χ2n) is 0.716. The summed E-state index contributed by atoms with van der Waals surface area (Å²) >= 11 is 0. The normalized spacial score (nSPS) is 14.0. The highest BCUT2D eigenvalue weighted by Crippen LogP contribution is 1.53. The van der Waals surface area contributed by atoms with Gasteiger partial charge in [0.25, 0.3) is 0 Å². The van der Waals surface area contributed by atoms with E-state index < -0.39 is 0 Å². The minimum Gasteiger partial charge on any atom is -0.409 e. The van der Waals surface area contributed by atoms with Gasteiger partial charge in [0, 0.05) is 0 Å². The molecule has 0 spiro atoms. The van der Waals surface area contributed by atoms with Crippen LogP contribution in [-0.4, -0.2) is 10.2 Å². The average Bonchev–Trinajstić information content (AvgIpc) is 2.12.